The molecule has 204 valence electrons. The Hall–Kier alpha value is -3.96. The summed E-state index contributed by atoms with van der Waals surface area (Å²) in [7, 11) is 5.82. The minimum absolute atomic E-state index is 0.0238. The molecular weight excluding hydrogens is 480 g/mol. The molecule has 0 aliphatic carbocycles. The van der Waals surface area contributed by atoms with Crippen molar-refractivity contribution < 1.29 is 0 Å². The zero-order chi connectivity index (χ0) is 28.7. The van der Waals surface area contributed by atoms with Crippen LogP contribution >= 0.6 is 0 Å². The van der Waals surface area contributed by atoms with Crippen molar-refractivity contribution in [3.05, 3.63) is 124 Å². The van der Waals surface area contributed by atoms with Gasteiger partial charge in [0.1, 0.15) is 11.4 Å². The van der Waals surface area contributed by atoms with Crippen LogP contribution in [0.2, 0.25) is 0 Å². The van der Waals surface area contributed by atoms with Crippen molar-refractivity contribution in [3.63, 3.8) is 0 Å². The third kappa shape index (κ3) is 5.45. The Morgan fingerprint density at radius 3 is 2.05 bits per heavy atom. The topological polar surface area (TPSA) is 51.9 Å². The molecule has 1 N–H and O–H groups in total. The summed E-state index contributed by atoms with van der Waals surface area (Å²) in [6, 6.07) is 25.0. The van der Waals surface area contributed by atoms with Gasteiger partial charge in [0.05, 0.1) is 5.52 Å². The molecule has 0 aliphatic heterocycles. The summed E-state index contributed by atoms with van der Waals surface area (Å²) in [6.45, 7) is 12.2. The normalized spacial score (nSPS) is 12.1. The number of nitrogens with zero attached hydrogens (tertiary/aromatic N) is 3. The molecule has 0 fully saturated rings. The van der Waals surface area contributed by atoms with E-state index < -0.39 is 5.54 Å². The number of fused-ring (bicyclic) bond motifs is 1. The van der Waals surface area contributed by atoms with Crippen molar-refractivity contribution in [3.8, 4) is 11.1 Å². The molecule has 5 heteroatoms. The molecule has 0 amide bonds. The maximum atomic E-state index is 12.9. The Labute approximate surface area is 233 Å². The Kier molecular flexibility index (Phi) is 9.66. The SMILES string of the molecule is CC.CC.CNC(c1ccc(C)cc1)(c1ccc2c(c1)c(-c1cccc(C)c1)cc(=O)n2C)c1nccn1C. The van der Waals surface area contributed by atoms with Crippen LogP contribution in [0.1, 0.15) is 55.8 Å². The molecule has 2 aromatic heterocycles. The number of imidazole rings is 1. The van der Waals surface area contributed by atoms with E-state index in [1.165, 1.54) is 5.56 Å². The summed E-state index contributed by atoms with van der Waals surface area (Å²) < 4.78 is 3.77. The van der Waals surface area contributed by atoms with Gasteiger partial charge in [-0.3, -0.25) is 4.79 Å². The Balaban J connectivity index is 0.00000100. The second-order valence-electron chi connectivity index (χ2n) is 9.28. The molecule has 0 saturated carbocycles. The van der Waals surface area contributed by atoms with E-state index >= 15 is 0 Å². The van der Waals surface area contributed by atoms with Crippen molar-refractivity contribution in [1.82, 2.24) is 19.4 Å². The number of benzene rings is 3. The summed E-state index contributed by atoms with van der Waals surface area (Å²) in [5.74, 6) is 0.894. The Morgan fingerprint density at radius 1 is 0.795 bits per heavy atom. The number of nitrogens with one attached hydrogen (secondary N) is 1. The van der Waals surface area contributed by atoms with Gasteiger partial charge in [-0.1, -0.05) is 93.4 Å². The summed E-state index contributed by atoms with van der Waals surface area (Å²) in [5, 5.41) is 4.64. The number of aryl methyl sites for hydroxylation is 4. The fourth-order valence-corrected chi connectivity index (χ4v) is 5.10. The molecule has 2 heterocycles. The summed E-state index contributed by atoms with van der Waals surface area (Å²) in [6.07, 6.45) is 3.80. The van der Waals surface area contributed by atoms with E-state index in [-0.39, 0.29) is 5.56 Å². The minimum Gasteiger partial charge on any atom is -0.336 e. The molecule has 5 nitrogen and oxygen atoms in total. The maximum absolute atomic E-state index is 12.9. The monoisotopic (exact) mass is 522 g/mol. The first kappa shape index (κ1) is 29.6. The molecule has 0 radical (unpaired) electrons. The van der Waals surface area contributed by atoms with Gasteiger partial charge < -0.3 is 14.5 Å². The highest BCUT2D eigenvalue weighted by atomic mass is 16.1. The number of hydrogen-bond donors (Lipinski definition) is 1. The third-order valence-corrected chi connectivity index (χ3v) is 7.02. The summed E-state index contributed by atoms with van der Waals surface area (Å²) in [4.78, 5) is 17.7. The van der Waals surface area contributed by atoms with Crippen molar-refractivity contribution >= 4 is 10.9 Å². The average molecular weight is 523 g/mol. The van der Waals surface area contributed by atoms with E-state index in [1.807, 2.05) is 67.3 Å². The average Bonchev–Trinajstić information content (AvgIpc) is 3.40. The molecule has 0 aliphatic rings. The molecule has 0 bridgehead atoms. The maximum Gasteiger partial charge on any atom is 0.251 e. The summed E-state index contributed by atoms with van der Waals surface area (Å²) in [5.41, 5.74) is 6.67. The van der Waals surface area contributed by atoms with Crippen molar-refractivity contribution in [2.75, 3.05) is 7.05 Å². The minimum atomic E-state index is -0.682. The first-order valence-corrected chi connectivity index (χ1v) is 13.8. The highest BCUT2D eigenvalue weighted by Crippen LogP contribution is 2.38. The van der Waals surface area contributed by atoms with Crippen LogP contribution in [-0.4, -0.2) is 21.2 Å². The highest BCUT2D eigenvalue weighted by molar-refractivity contribution is 5.95. The van der Waals surface area contributed by atoms with Crippen LogP contribution in [0.25, 0.3) is 22.0 Å². The van der Waals surface area contributed by atoms with Gasteiger partial charge in [0.25, 0.3) is 5.56 Å². The third-order valence-electron chi connectivity index (χ3n) is 7.02. The smallest absolute Gasteiger partial charge is 0.251 e. The predicted molar refractivity (Wildman–Crippen MR) is 165 cm³/mol. The van der Waals surface area contributed by atoms with Crippen LogP contribution in [-0.2, 0) is 19.6 Å². The van der Waals surface area contributed by atoms with Crippen LogP contribution < -0.4 is 10.9 Å². The van der Waals surface area contributed by atoms with Gasteiger partial charge in [-0.15, -0.1) is 0 Å². The Morgan fingerprint density at radius 2 is 1.46 bits per heavy atom. The molecule has 1 unspecified atom stereocenters. The number of rotatable bonds is 5. The van der Waals surface area contributed by atoms with Crippen LogP contribution in [0.15, 0.2) is 90.0 Å². The molecule has 5 aromatic rings. The van der Waals surface area contributed by atoms with Crippen molar-refractivity contribution in [2.24, 2.45) is 14.1 Å². The fraction of sp³-hybridized carbons (Fsp3) is 0.294. The molecule has 5 rings (SSSR count). The Bertz CT molecular complexity index is 1590. The van der Waals surface area contributed by atoms with Crippen molar-refractivity contribution in [1.29, 1.82) is 0 Å². The summed E-state index contributed by atoms with van der Waals surface area (Å²) >= 11 is 0. The quantitative estimate of drug-likeness (QED) is 0.267. The van der Waals surface area contributed by atoms with E-state index in [0.717, 1.165) is 44.5 Å². The predicted octanol–water partition coefficient (Wildman–Crippen LogP) is 7.12. The van der Waals surface area contributed by atoms with E-state index in [1.54, 1.807) is 10.6 Å². The number of hydrogen-bond acceptors (Lipinski definition) is 3. The van der Waals surface area contributed by atoms with E-state index in [0.29, 0.717) is 0 Å². The van der Waals surface area contributed by atoms with E-state index in [4.69, 9.17) is 4.98 Å². The van der Waals surface area contributed by atoms with E-state index in [9.17, 15) is 4.79 Å². The van der Waals surface area contributed by atoms with Gasteiger partial charge in [0.15, 0.2) is 0 Å². The molecule has 39 heavy (non-hydrogen) atoms. The van der Waals surface area contributed by atoms with Crippen molar-refractivity contribution in [2.45, 2.75) is 47.1 Å². The van der Waals surface area contributed by atoms with Gasteiger partial charge in [-0.2, -0.15) is 0 Å². The molecule has 3 aromatic carbocycles. The molecule has 0 spiro atoms. The van der Waals surface area contributed by atoms with Gasteiger partial charge in [0.2, 0.25) is 0 Å². The molecular formula is C34H42N4O. The van der Waals surface area contributed by atoms with Gasteiger partial charge in [0, 0.05) is 37.9 Å². The lowest BCUT2D eigenvalue weighted by Crippen LogP contribution is -2.44. The molecule has 1 atom stereocenters. The van der Waals surface area contributed by atoms with Gasteiger partial charge >= 0.3 is 0 Å². The second-order valence-corrected chi connectivity index (χ2v) is 9.28. The fourth-order valence-electron chi connectivity index (χ4n) is 5.10. The van der Waals surface area contributed by atoms with Crippen LogP contribution in [0.4, 0.5) is 0 Å². The first-order chi connectivity index (χ1) is 18.8. The van der Waals surface area contributed by atoms with Crippen LogP contribution in [0, 0.1) is 13.8 Å². The lowest BCUT2D eigenvalue weighted by Gasteiger charge is -2.35. The first-order valence-electron chi connectivity index (χ1n) is 13.8. The lowest BCUT2D eigenvalue weighted by atomic mass is 9.80. The largest absolute Gasteiger partial charge is 0.336 e. The molecule has 0 saturated heterocycles. The highest BCUT2D eigenvalue weighted by Gasteiger charge is 2.38. The van der Waals surface area contributed by atoms with Gasteiger partial charge in [-0.05, 0) is 55.3 Å². The zero-order valence-electron chi connectivity index (χ0n) is 24.8. The van der Waals surface area contributed by atoms with E-state index in [2.05, 4.69) is 84.4 Å². The van der Waals surface area contributed by atoms with Gasteiger partial charge in [-0.25, -0.2) is 4.98 Å². The lowest BCUT2D eigenvalue weighted by molar-refractivity contribution is 0.477. The number of aromatic nitrogens is 3. The van der Waals surface area contributed by atoms with Crippen LogP contribution in [0.3, 0.4) is 0 Å². The zero-order valence-corrected chi connectivity index (χ0v) is 24.8. The van der Waals surface area contributed by atoms with Crippen LogP contribution in [0.5, 0.6) is 0 Å². The number of pyridine rings is 1. The standard InChI is InChI=1S/C30H30N4O.2C2H6/c1-20-9-11-23(12-10-20)30(31-3,29-32-15-16-33(29)4)24-13-14-27-26(18-24)25(19-28(35)34(27)5)22-8-6-7-21(2)17-22;2*1-2/h6-19,31H,1-5H3;2*1-2H3. The second kappa shape index (κ2) is 12.7.